The number of rotatable bonds is 4. The topological polar surface area (TPSA) is 33.0 Å². The summed E-state index contributed by atoms with van der Waals surface area (Å²) < 4.78 is 17.9. The number of halogens is 1. The van der Waals surface area contributed by atoms with Crippen LogP contribution in [0.2, 0.25) is 0 Å². The molecule has 0 spiro atoms. The van der Waals surface area contributed by atoms with Crippen LogP contribution in [0.15, 0.2) is 30.9 Å². The van der Waals surface area contributed by atoms with Gasteiger partial charge >= 0.3 is 0 Å². The van der Waals surface area contributed by atoms with Crippen LogP contribution in [0.3, 0.4) is 0 Å². The Hall–Kier alpha value is -1.66. The van der Waals surface area contributed by atoms with Gasteiger partial charge in [-0.05, 0) is 23.8 Å². The van der Waals surface area contributed by atoms with Gasteiger partial charge < -0.3 is 4.74 Å². The lowest BCUT2D eigenvalue weighted by molar-refractivity contribution is 0.148. The highest BCUT2D eigenvalue weighted by atomic mass is 19.1. The van der Waals surface area contributed by atoms with Crippen LogP contribution in [0.5, 0.6) is 0 Å². The molecule has 0 saturated carbocycles. The molecule has 0 aliphatic heterocycles. The van der Waals surface area contributed by atoms with Crippen molar-refractivity contribution in [2.75, 3.05) is 6.61 Å². The maximum atomic E-state index is 12.8. The van der Waals surface area contributed by atoms with Crippen LogP contribution < -0.4 is 0 Å². The van der Waals surface area contributed by atoms with Crippen LogP contribution in [0, 0.1) is 17.1 Å². The minimum atomic E-state index is -0.360. The fourth-order valence-electron chi connectivity index (χ4n) is 1.04. The molecule has 0 fully saturated rings. The Balaban J connectivity index is 2.78. The van der Waals surface area contributed by atoms with Crippen LogP contribution in [-0.4, -0.2) is 6.61 Å². The molecule has 72 valence electrons. The molecule has 0 aromatic heterocycles. The zero-order chi connectivity index (χ0) is 10.4. The van der Waals surface area contributed by atoms with Crippen molar-refractivity contribution < 1.29 is 9.13 Å². The van der Waals surface area contributed by atoms with E-state index in [0.29, 0.717) is 17.7 Å². The minimum absolute atomic E-state index is 0.229. The van der Waals surface area contributed by atoms with Gasteiger partial charge in [0.25, 0.3) is 0 Å². The first kappa shape index (κ1) is 10.4. The Morgan fingerprint density at radius 3 is 3.00 bits per heavy atom. The van der Waals surface area contributed by atoms with Gasteiger partial charge in [0.05, 0.1) is 24.8 Å². The zero-order valence-electron chi connectivity index (χ0n) is 7.66. The SMILES string of the molecule is C=CCOCc1cc(F)ccc1C#N. The molecule has 0 atom stereocenters. The molecule has 0 amide bonds. The van der Waals surface area contributed by atoms with Gasteiger partial charge in [-0.2, -0.15) is 5.26 Å². The molecule has 0 N–H and O–H groups in total. The first-order valence-corrected chi connectivity index (χ1v) is 4.15. The average Bonchev–Trinajstić information content (AvgIpc) is 2.19. The summed E-state index contributed by atoms with van der Waals surface area (Å²) in [5, 5.41) is 8.72. The van der Waals surface area contributed by atoms with Crippen LogP contribution in [0.1, 0.15) is 11.1 Å². The van der Waals surface area contributed by atoms with E-state index in [4.69, 9.17) is 10.00 Å². The molecule has 1 rings (SSSR count). The van der Waals surface area contributed by atoms with Gasteiger partial charge in [-0.25, -0.2) is 4.39 Å². The van der Waals surface area contributed by atoms with E-state index in [1.807, 2.05) is 6.07 Å². The molecule has 0 saturated heterocycles. The van der Waals surface area contributed by atoms with Crippen LogP contribution in [-0.2, 0) is 11.3 Å². The Morgan fingerprint density at radius 2 is 2.36 bits per heavy atom. The fraction of sp³-hybridized carbons (Fsp3) is 0.182. The molecule has 14 heavy (non-hydrogen) atoms. The van der Waals surface area contributed by atoms with Gasteiger partial charge in [-0.1, -0.05) is 6.08 Å². The van der Waals surface area contributed by atoms with Crippen molar-refractivity contribution in [1.82, 2.24) is 0 Å². The number of nitriles is 1. The Labute approximate surface area is 82.2 Å². The summed E-state index contributed by atoms with van der Waals surface area (Å²) >= 11 is 0. The highest BCUT2D eigenvalue weighted by Crippen LogP contribution is 2.11. The van der Waals surface area contributed by atoms with E-state index in [1.54, 1.807) is 6.08 Å². The monoisotopic (exact) mass is 191 g/mol. The quantitative estimate of drug-likeness (QED) is 0.540. The molecule has 1 aromatic rings. The molecule has 0 bridgehead atoms. The molecule has 0 aliphatic rings. The van der Waals surface area contributed by atoms with Crippen molar-refractivity contribution in [3.05, 3.63) is 47.8 Å². The number of benzene rings is 1. The average molecular weight is 191 g/mol. The minimum Gasteiger partial charge on any atom is -0.373 e. The van der Waals surface area contributed by atoms with Gasteiger partial charge in [-0.15, -0.1) is 6.58 Å². The van der Waals surface area contributed by atoms with E-state index in [-0.39, 0.29) is 12.4 Å². The van der Waals surface area contributed by atoms with Crippen LogP contribution >= 0.6 is 0 Å². The molecular formula is C11H10FNO. The Kier molecular flexibility index (Phi) is 3.84. The number of hydrogen-bond donors (Lipinski definition) is 0. The van der Waals surface area contributed by atoms with Crippen molar-refractivity contribution in [1.29, 1.82) is 5.26 Å². The van der Waals surface area contributed by atoms with Gasteiger partial charge in [-0.3, -0.25) is 0 Å². The van der Waals surface area contributed by atoms with E-state index < -0.39 is 0 Å². The summed E-state index contributed by atoms with van der Waals surface area (Å²) in [6.45, 7) is 4.11. The van der Waals surface area contributed by atoms with E-state index in [0.717, 1.165) is 0 Å². The smallest absolute Gasteiger partial charge is 0.123 e. The molecule has 0 radical (unpaired) electrons. The summed E-state index contributed by atoms with van der Waals surface area (Å²) in [5.41, 5.74) is 1.00. The first-order valence-electron chi connectivity index (χ1n) is 4.15. The number of ether oxygens (including phenoxy) is 1. The Bertz CT molecular complexity index is 368. The van der Waals surface area contributed by atoms with Crippen molar-refractivity contribution in [3.8, 4) is 6.07 Å². The molecule has 2 nitrogen and oxygen atoms in total. The third-order valence-corrected chi connectivity index (χ3v) is 1.68. The van der Waals surface area contributed by atoms with E-state index in [1.165, 1.54) is 18.2 Å². The van der Waals surface area contributed by atoms with Crippen LogP contribution in [0.25, 0.3) is 0 Å². The zero-order valence-corrected chi connectivity index (χ0v) is 7.66. The van der Waals surface area contributed by atoms with Crippen molar-refractivity contribution >= 4 is 0 Å². The second-order valence-corrected chi connectivity index (χ2v) is 2.72. The predicted molar refractivity (Wildman–Crippen MR) is 51.0 cm³/mol. The second-order valence-electron chi connectivity index (χ2n) is 2.72. The van der Waals surface area contributed by atoms with Gasteiger partial charge in [0.2, 0.25) is 0 Å². The molecule has 0 aliphatic carbocycles. The van der Waals surface area contributed by atoms with Gasteiger partial charge in [0, 0.05) is 0 Å². The number of hydrogen-bond acceptors (Lipinski definition) is 2. The summed E-state index contributed by atoms with van der Waals surface area (Å²) in [7, 11) is 0. The second kappa shape index (κ2) is 5.15. The van der Waals surface area contributed by atoms with Gasteiger partial charge in [0.1, 0.15) is 5.82 Å². The van der Waals surface area contributed by atoms with Crippen molar-refractivity contribution in [2.24, 2.45) is 0 Å². The third-order valence-electron chi connectivity index (χ3n) is 1.68. The summed E-state index contributed by atoms with van der Waals surface area (Å²) in [4.78, 5) is 0. The lowest BCUT2D eigenvalue weighted by Crippen LogP contribution is -1.96. The molecular weight excluding hydrogens is 181 g/mol. The highest BCUT2D eigenvalue weighted by Gasteiger charge is 2.02. The molecule has 3 heteroatoms. The largest absolute Gasteiger partial charge is 0.373 e. The third kappa shape index (κ3) is 2.68. The Morgan fingerprint density at radius 1 is 1.57 bits per heavy atom. The molecule has 1 aromatic carbocycles. The van der Waals surface area contributed by atoms with E-state index >= 15 is 0 Å². The van der Waals surface area contributed by atoms with Crippen LogP contribution in [0.4, 0.5) is 4.39 Å². The number of nitrogens with zero attached hydrogens (tertiary/aromatic N) is 1. The fourth-order valence-corrected chi connectivity index (χ4v) is 1.04. The lowest BCUT2D eigenvalue weighted by atomic mass is 10.1. The standard InChI is InChI=1S/C11H10FNO/c1-2-5-14-8-10-6-11(12)4-3-9(10)7-13/h2-4,6H,1,5,8H2. The highest BCUT2D eigenvalue weighted by molar-refractivity contribution is 5.37. The summed E-state index contributed by atoms with van der Waals surface area (Å²) in [5.74, 6) is -0.360. The maximum Gasteiger partial charge on any atom is 0.123 e. The lowest BCUT2D eigenvalue weighted by Gasteiger charge is -2.03. The van der Waals surface area contributed by atoms with Crippen molar-refractivity contribution in [3.63, 3.8) is 0 Å². The summed E-state index contributed by atoms with van der Waals surface area (Å²) in [6.07, 6.45) is 1.60. The van der Waals surface area contributed by atoms with Crippen molar-refractivity contribution in [2.45, 2.75) is 6.61 Å². The summed E-state index contributed by atoms with van der Waals surface area (Å²) in [6, 6.07) is 5.99. The van der Waals surface area contributed by atoms with Gasteiger partial charge in [0.15, 0.2) is 0 Å². The van der Waals surface area contributed by atoms with E-state index in [2.05, 4.69) is 6.58 Å². The normalized spacial score (nSPS) is 9.43. The van der Waals surface area contributed by atoms with E-state index in [9.17, 15) is 4.39 Å². The predicted octanol–water partition coefficient (Wildman–Crippen LogP) is 2.40. The maximum absolute atomic E-state index is 12.8. The molecule has 0 heterocycles. The first-order chi connectivity index (χ1) is 6.77. The molecule has 0 unspecified atom stereocenters.